The molecule has 0 bridgehead atoms. The van der Waals surface area contributed by atoms with E-state index in [0.29, 0.717) is 0 Å². The van der Waals surface area contributed by atoms with E-state index in [0.717, 1.165) is 11.1 Å². The Morgan fingerprint density at radius 2 is 1.69 bits per heavy atom. The first-order valence-electron chi connectivity index (χ1n) is 5.70. The Labute approximate surface area is 97.2 Å². The van der Waals surface area contributed by atoms with Gasteiger partial charge in [-0.3, -0.25) is 4.79 Å². The molecule has 0 N–H and O–H groups in total. The van der Waals surface area contributed by atoms with Crippen molar-refractivity contribution in [2.24, 2.45) is 5.41 Å². The van der Waals surface area contributed by atoms with Crippen LogP contribution in [-0.2, 0) is 4.79 Å². The minimum atomic E-state index is -0.0284. The Bertz CT molecular complexity index is 494. The largest absolute Gasteiger partial charge is 0.289 e. The minimum absolute atomic E-state index is 0.0284. The van der Waals surface area contributed by atoms with Gasteiger partial charge in [0.25, 0.3) is 0 Å². The Kier molecular flexibility index (Phi) is 2.30. The Balaban J connectivity index is 2.77. The summed E-state index contributed by atoms with van der Waals surface area (Å²) in [6.07, 6.45) is 5.60. The van der Waals surface area contributed by atoms with E-state index < -0.39 is 0 Å². The number of allylic oxidation sites excluding steroid dienone is 8. The molecule has 2 aliphatic carbocycles. The average molecular weight is 214 g/mol. The van der Waals surface area contributed by atoms with Gasteiger partial charge in [-0.05, 0) is 43.6 Å². The molecule has 0 aromatic rings. The van der Waals surface area contributed by atoms with Gasteiger partial charge in [0.2, 0.25) is 0 Å². The molecule has 2 aliphatic rings. The van der Waals surface area contributed by atoms with Gasteiger partial charge in [-0.15, -0.1) is 0 Å². The molecule has 0 amide bonds. The number of rotatable bonds is 0. The van der Waals surface area contributed by atoms with Crippen molar-refractivity contribution in [1.82, 2.24) is 0 Å². The van der Waals surface area contributed by atoms with Crippen LogP contribution in [0.25, 0.3) is 0 Å². The first-order chi connectivity index (χ1) is 7.37. The van der Waals surface area contributed by atoms with Crippen LogP contribution in [0, 0.1) is 5.41 Å². The van der Waals surface area contributed by atoms with E-state index in [4.69, 9.17) is 0 Å². The lowest BCUT2D eigenvalue weighted by molar-refractivity contribution is -0.111. The van der Waals surface area contributed by atoms with Gasteiger partial charge < -0.3 is 0 Å². The third kappa shape index (κ3) is 1.27. The van der Waals surface area contributed by atoms with Gasteiger partial charge in [-0.1, -0.05) is 31.6 Å². The fourth-order valence-corrected chi connectivity index (χ4v) is 2.58. The van der Waals surface area contributed by atoms with Crippen molar-refractivity contribution in [3.63, 3.8) is 0 Å². The third-order valence-electron chi connectivity index (χ3n) is 4.14. The maximum atomic E-state index is 12.0. The number of hydrogen-bond donors (Lipinski definition) is 0. The zero-order valence-corrected chi connectivity index (χ0v) is 10.6. The molecule has 84 valence electrons. The van der Waals surface area contributed by atoms with Crippen molar-refractivity contribution in [2.75, 3.05) is 0 Å². The summed E-state index contributed by atoms with van der Waals surface area (Å²) in [5.41, 5.74) is 5.82. The lowest BCUT2D eigenvalue weighted by atomic mass is 9.65. The van der Waals surface area contributed by atoms with Crippen LogP contribution < -0.4 is 0 Å². The van der Waals surface area contributed by atoms with Crippen LogP contribution in [0.2, 0.25) is 0 Å². The van der Waals surface area contributed by atoms with Crippen LogP contribution in [-0.4, -0.2) is 5.78 Å². The van der Waals surface area contributed by atoms with E-state index in [1.807, 2.05) is 13.0 Å². The van der Waals surface area contributed by atoms with E-state index in [1.165, 1.54) is 16.7 Å². The summed E-state index contributed by atoms with van der Waals surface area (Å²) in [7, 11) is 0. The highest BCUT2D eigenvalue weighted by atomic mass is 16.1. The molecule has 0 heterocycles. The quantitative estimate of drug-likeness (QED) is 0.600. The molecule has 0 aliphatic heterocycles. The van der Waals surface area contributed by atoms with Gasteiger partial charge in [-0.25, -0.2) is 0 Å². The number of fused-ring (bicyclic) bond motifs is 1. The second kappa shape index (κ2) is 3.31. The Morgan fingerprint density at radius 3 is 2.31 bits per heavy atom. The smallest absolute Gasteiger partial charge is 0.186 e. The molecule has 0 spiro atoms. The molecule has 0 atom stereocenters. The highest BCUT2D eigenvalue weighted by Gasteiger charge is 2.36. The topological polar surface area (TPSA) is 17.1 Å². The van der Waals surface area contributed by atoms with Crippen molar-refractivity contribution in [1.29, 1.82) is 0 Å². The number of carbonyl (C=O) groups excluding carboxylic acids is 1. The molecular formula is C15H18O. The van der Waals surface area contributed by atoms with E-state index in [2.05, 4.69) is 33.8 Å². The zero-order valence-electron chi connectivity index (χ0n) is 10.6. The Morgan fingerprint density at radius 1 is 1.06 bits per heavy atom. The summed E-state index contributed by atoms with van der Waals surface area (Å²) >= 11 is 0. The van der Waals surface area contributed by atoms with E-state index in [-0.39, 0.29) is 11.2 Å². The van der Waals surface area contributed by atoms with Crippen molar-refractivity contribution in [2.45, 2.75) is 34.6 Å². The van der Waals surface area contributed by atoms with Crippen molar-refractivity contribution in [3.8, 4) is 0 Å². The van der Waals surface area contributed by atoms with Gasteiger partial charge >= 0.3 is 0 Å². The van der Waals surface area contributed by atoms with Gasteiger partial charge in [-0.2, -0.15) is 0 Å². The third-order valence-corrected chi connectivity index (χ3v) is 4.14. The van der Waals surface area contributed by atoms with Crippen LogP contribution in [0.1, 0.15) is 34.6 Å². The summed E-state index contributed by atoms with van der Waals surface area (Å²) in [6.45, 7) is 10.7. The molecule has 0 radical (unpaired) electrons. The van der Waals surface area contributed by atoms with Crippen molar-refractivity contribution in [3.05, 3.63) is 46.1 Å². The molecule has 0 aromatic heterocycles. The molecule has 1 nitrogen and oxygen atoms in total. The molecule has 16 heavy (non-hydrogen) atoms. The fourth-order valence-electron chi connectivity index (χ4n) is 2.58. The van der Waals surface area contributed by atoms with Crippen LogP contribution in [0.5, 0.6) is 0 Å². The fraction of sp³-hybridized carbons (Fsp3) is 0.400. The molecule has 0 aromatic carbocycles. The normalized spacial score (nSPS) is 23.6. The molecule has 2 rings (SSSR count). The second-order valence-electron chi connectivity index (χ2n) is 5.18. The first kappa shape index (κ1) is 11.1. The summed E-state index contributed by atoms with van der Waals surface area (Å²) in [6, 6.07) is 0. The number of hydrogen-bond acceptors (Lipinski definition) is 1. The summed E-state index contributed by atoms with van der Waals surface area (Å²) < 4.78 is 0. The van der Waals surface area contributed by atoms with Crippen LogP contribution >= 0.6 is 0 Å². The molecule has 0 saturated heterocycles. The minimum Gasteiger partial charge on any atom is -0.289 e. The summed E-state index contributed by atoms with van der Waals surface area (Å²) in [4.78, 5) is 12.0. The maximum absolute atomic E-state index is 12.0. The lowest BCUT2D eigenvalue weighted by Crippen LogP contribution is -2.27. The second-order valence-corrected chi connectivity index (χ2v) is 5.18. The van der Waals surface area contributed by atoms with Gasteiger partial charge in [0, 0.05) is 11.0 Å². The van der Waals surface area contributed by atoms with Gasteiger partial charge in [0.05, 0.1) is 0 Å². The zero-order chi connectivity index (χ0) is 12.1. The van der Waals surface area contributed by atoms with Crippen molar-refractivity contribution >= 4 is 5.78 Å². The number of ketones is 1. The number of carbonyl (C=O) groups is 1. The van der Waals surface area contributed by atoms with Gasteiger partial charge in [0.15, 0.2) is 5.78 Å². The standard InChI is InChI=1S/C15H18O/c1-9-10(2)14-12(7-6-8-13(14)16)15(4,5)11(9)3/h6-8H,1-5H3. The average Bonchev–Trinajstić information content (AvgIpc) is 2.24. The first-order valence-corrected chi connectivity index (χ1v) is 5.70. The van der Waals surface area contributed by atoms with Crippen LogP contribution in [0.4, 0.5) is 0 Å². The monoisotopic (exact) mass is 214 g/mol. The molecule has 1 heteroatoms. The molecule has 0 unspecified atom stereocenters. The van der Waals surface area contributed by atoms with E-state index >= 15 is 0 Å². The van der Waals surface area contributed by atoms with Crippen LogP contribution in [0.3, 0.4) is 0 Å². The highest BCUT2D eigenvalue weighted by Crippen LogP contribution is 2.47. The van der Waals surface area contributed by atoms with Crippen molar-refractivity contribution < 1.29 is 4.79 Å². The van der Waals surface area contributed by atoms with E-state index in [1.54, 1.807) is 6.08 Å². The van der Waals surface area contributed by atoms with Crippen LogP contribution in [0.15, 0.2) is 46.1 Å². The Hall–Kier alpha value is -1.37. The summed E-state index contributed by atoms with van der Waals surface area (Å²) in [5, 5.41) is 0. The lowest BCUT2D eigenvalue weighted by Gasteiger charge is -2.38. The SMILES string of the molecule is CC1=C2C(=O)C=CC=C2C(C)(C)C(C)=C1C. The molecule has 0 saturated carbocycles. The van der Waals surface area contributed by atoms with E-state index in [9.17, 15) is 4.79 Å². The summed E-state index contributed by atoms with van der Waals surface area (Å²) in [5.74, 6) is 0.148. The molecular weight excluding hydrogens is 196 g/mol. The highest BCUT2D eigenvalue weighted by molar-refractivity contribution is 6.10. The predicted molar refractivity (Wildman–Crippen MR) is 67.1 cm³/mol. The maximum Gasteiger partial charge on any atom is 0.186 e. The molecule has 0 fully saturated rings. The predicted octanol–water partition coefficient (Wildman–Crippen LogP) is 3.74. The van der Waals surface area contributed by atoms with Gasteiger partial charge in [0.1, 0.15) is 0 Å².